The maximum Gasteiger partial charge on any atom is 0.162 e. The van der Waals surface area contributed by atoms with E-state index in [2.05, 4.69) is 80.4 Å². The van der Waals surface area contributed by atoms with Crippen molar-refractivity contribution in [1.82, 2.24) is 5.01 Å². The van der Waals surface area contributed by atoms with Crippen LogP contribution < -0.4 is 4.90 Å². The molecule has 4 saturated carbocycles. The Hall–Kier alpha value is -1.81. The van der Waals surface area contributed by atoms with Gasteiger partial charge in [-0.15, -0.1) is 0 Å². The second-order valence-electron chi connectivity index (χ2n) is 9.38. The van der Waals surface area contributed by atoms with Gasteiger partial charge in [-0.05, 0) is 80.5 Å². The molecule has 1 aliphatic heterocycles. The van der Waals surface area contributed by atoms with E-state index in [1.54, 1.807) is 0 Å². The van der Waals surface area contributed by atoms with Gasteiger partial charge >= 0.3 is 0 Å². The van der Waals surface area contributed by atoms with Crippen molar-refractivity contribution in [1.29, 1.82) is 0 Å². The van der Waals surface area contributed by atoms with Gasteiger partial charge in [0.1, 0.15) is 6.67 Å². The molecule has 2 aromatic rings. The van der Waals surface area contributed by atoms with Crippen molar-refractivity contribution in [2.45, 2.75) is 44.1 Å². The molecule has 0 spiro atoms. The number of benzene rings is 2. The molecular weight excluding hydrogens is 410 g/mol. The number of amidine groups is 1. The third kappa shape index (κ3) is 2.72. The number of halogens is 1. The maximum atomic E-state index is 5.29. The summed E-state index contributed by atoms with van der Waals surface area (Å²) in [5.41, 5.74) is 2.72. The number of hydrogen-bond acceptors (Lipinski definition) is 3. The van der Waals surface area contributed by atoms with Crippen molar-refractivity contribution < 1.29 is 0 Å². The Morgan fingerprint density at radius 3 is 2.04 bits per heavy atom. The van der Waals surface area contributed by atoms with E-state index in [1.165, 1.54) is 49.8 Å². The standard InChI is InChI=1S/C24H26BrN3/c25-21-6-8-22(9-7-21)27-16-28(26-23(27)20-4-2-1-3-5-20)24-13-17-10-18(14-24)12-19(11-17)15-24/h1-9,17-19H,10-16H2. The minimum atomic E-state index is 0.291. The molecule has 144 valence electrons. The Morgan fingerprint density at radius 1 is 0.821 bits per heavy atom. The normalized spacial score (nSPS) is 33.5. The number of hydrogen-bond donors (Lipinski definition) is 0. The molecule has 3 nitrogen and oxygen atoms in total. The lowest BCUT2D eigenvalue weighted by Gasteiger charge is -2.59. The van der Waals surface area contributed by atoms with Crippen molar-refractivity contribution in [2.24, 2.45) is 22.9 Å². The Morgan fingerprint density at radius 2 is 1.43 bits per heavy atom. The monoisotopic (exact) mass is 435 g/mol. The van der Waals surface area contributed by atoms with Gasteiger partial charge in [0.25, 0.3) is 0 Å². The molecule has 0 radical (unpaired) electrons. The molecule has 1 heterocycles. The van der Waals surface area contributed by atoms with E-state index in [0.717, 1.165) is 34.7 Å². The van der Waals surface area contributed by atoms with Crippen LogP contribution in [0.25, 0.3) is 0 Å². The van der Waals surface area contributed by atoms with Gasteiger partial charge in [-0.25, -0.2) is 0 Å². The van der Waals surface area contributed by atoms with Gasteiger partial charge in [0.15, 0.2) is 5.84 Å². The Balaban J connectivity index is 1.39. The Labute approximate surface area is 175 Å². The predicted octanol–water partition coefficient (Wildman–Crippen LogP) is 5.86. The number of anilines is 1. The fourth-order valence-corrected chi connectivity index (χ4v) is 6.93. The third-order valence-electron chi connectivity index (χ3n) is 7.47. The van der Waals surface area contributed by atoms with Crippen molar-refractivity contribution in [3.63, 3.8) is 0 Å². The van der Waals surface area contributed by atoms with Gasteiger partial charge < -0.3 is 4.90 Å². The zero-order valence-corrected chi connectivity index (χ0v) is 17.7. The highest BCUT2D eigenvalue weighted by molar-refractivity contribution is 9.10. The molecule has 28 heavy (non-hydrogen) atoms. The zero-order valence-electron chi connectivity index (χ0n) is 16.1. The average Bonchev–Trinajstić information content (AvgIpc) is 3.15. The van der Waals surface area contributed by atoms with Crippen LogP contribution in [0.1, 0.15) is 44.1 Å². The van der Waals surface area contributed by atoms with Crippen LogP contribution in [0.5, 0.6) is 0 Å². The van der Waals surface area contributed by atoms with Crippen LogP contribution in [-0.4, -0.2) is 23.1 Å². The highest BCUT2D eigenvalue weighted by atomic mass is 79.9. The maximum absolute atomic E-state index is 5.29. The minimum Gasteiger partial charge on any atom is -0.305 e. The first-order valence-electron chi connectivity index (χ1n) is 10.6. The summed E-state index contributed by atoms with van der Waals surface area (Å²) in [5.74, 6) is 3.90. The molecule has 4 fully saturated rings. The molecule has 2 aromatic carbocycles. The first kappa shape index (κ1) is 17.1. The summed E-state index contributed by atoms with van der Waals surface area (Å²) in [4.78, 5) is 2.40. The van der Waals surface area contributed by atoms with Crippen molar-refractivity contribution in [3.05, 3.63) is 64.6 Å². The molecule has 4 aliphatic carbocycles. The Kier molecular flexibility index (Phi) is 3.87. The first-order chi connectivity index (χ1) is 13.7. The molecule has 4 heteroatoms. The lowest BCUT2D eigenvalue weighted by Crippen LogP contribution is -2.58. The van der Waals surface area contributed by atoms with Crippen molar-refractivity contribution in [3.8, 4) is 0 Å². The zero-order chi connectivity index (χ0) is 18.7. The van der Waals surface area contributed by atoms with E-state index in [-0.39, 0.29) is 0 Å². The second-order valence-corrected chi connectivity index (χ2v) is 10.3. The lowest BCUT2D eigenvalue weighted by atomic mass is 9.53. The lowest BCUT2D eigenvalue weighted by molar-refractivity contribution is -0.0841. The molecule has 0 saturated heterocycles. The molecule has 5 aliphatic rings. The molecule has 4 bridgehead atoms. The van der Waals surface area contributed by atoms with Crippen molar-refractivity contribution >= 4 is 27.5 Å². The number of nitrogens with zero attached hydrogens (tertiary/aromatic N) is 3. The summed E-state index contributed by atoms with van der Waals surface area (Å²) >= 11 is 3.57. The number of hydrazone groups is 1. The van der Waals surface area contributed by atoms with Crippen LogP contribution in [0.3, 0.4) is 0 Å². The molecule has 0 N–H and O–H groups in total. The fourth-order valence-electron chi connectivity index (χ4n) is 6.66. The van der Waals surface area contributed by atoms with E-state index in [1.807, 2.05) is 0 Å². The molecule has 0 amide bonds. The van der Waals surface area contributed by atoms with E-state index in [4.69, 9.17) is 5.10 Å². The summed E-state index contributed by atoms with van der Waals surface area (Å²) < 4.78 is 1.12. The van der Waals surface area contributed by atoms with Gasteiger partial charge in [-0.2, -0.15) is 5.10 Å². The predicted molar refractivity (Wildman–Crippen MR) is 117 cm³/mol. The SMILES string of the molecule is Brc1ccc(N2CN(C34CC5CC(CC(C5)C3)C4)N=C2c2ccccc2)cc1. The average molecular weight is 436 g/mol. The van der Waals surface area contributed by atoms with Gasteiger partial charge in [0.05, 0.1) is 5.54 Å². The van der Waals surface area contributed by atoms with Gasteiger partial charge in [-0.3, -0.25) is 5.01 Å². The van der Waals surface area contributed by atoms with Gasteiger partial charge in [-0.1, -0.05) is 46.3 Å². The fraction of sp³-hybridized carbons (Fsp3) is 0.458. The smallest absolute Gasteiger partial charge is 0.162 e. The quantitative estimate of drug-likeness (QED) is 0.600. The van der Waals surface area contributed by atoms with Crippen LogP contribution in [0.2, 0.25) is 0 Å². The molecule has 0 unspecified atom stereocenters. The number of rotatable bonds is 3. The summed E-state index contributed by atoms with van der Waals surface area (Å²) in [6, 6.07) is 19.4. The molecule has 0 atom stereocenters. The van der Waals surface area contributed by atoms with Crippen LogP contribution in [-0.2, 0) is 0 Å². The molecule has 0 aromatic heterocycles. The summed E-state index contributed by atoms with van der Waals surface area (Å²) in [6.45, 7) is 0.873. The van der Waals surface area contributed by atoms with E-state index < -0.39 is 0 Å². The summed E-state index contributed by atoms with van der Waals surface area (Å²) in [7, 11) is 0. The van der Waals surface area contributed by atoms with Crippen LogP contribution in [0.15, 0.2) is 64.2 Å². The Bertz CT molecular complexity index is 870. The van der Waals surface area contributed by atoms with Gasteiger partial charge in [0, 0.05) is 15.7 Å². The van der Waals surface area contributed by atoms with Crippen LogP contribution in [0, 0.1) is 17.8 Å². The largest absolute Gasteiger partial charge is 0.305 e. The highest BCUT2D eigenvalue weighted by Crippen LogP contribution is 2.58. The van der Waals surface area contributed by atoms with Crippen molar-refractivity contribution in [2.75, 3.05) is 11.6 Å². The summed E-state index contributed by atoms with van der Waals surface area (Å²) in [5, 5.41) is 7.78. The van der Waals surface area contributed by atoms with Crippen LogP contribution in [0.4, 0.5) is 5.69 Å². The molecular formula is C24H26BrN3. The van der Waals surface area contributed by atoms with Crippen LogP contribution >= 0.6 is 15.9 Å². The second kappa shape index (κ2) is 6.35. The first-order valence-corrected chi connectivity index (χ1v) is 11.4. The van der Waals surface area contributed by atoms with E-state index in [9.17, 15) is 0 Å². The third-order valence-corrected chi connectivity index (χ3v) is 8.00. The summed E-state index contributed by atoms with van der Waals surface area (Å²) in [6.07, 6.45) is 8.45. The van der Waals surface area contributed by atoms with E-state index in [0.29, 0.717) is 5.54 Å². The topological polar surface area (TPSA) is 18.8 Å². The minimum absolute atomic E-state index is 0.291. The van der Waals surface area contributed by atoms with E-state index >= 15 is 0 Å². The highest BCUT2D eigenvalue weighted by Gasteiger charge is 2.55. The molecule has 7 rings (SSSR count). The van der Waals surface area contributed by atoms with Gasteiger partial charge in [0.2, 0.25) is 0 Å².